The van der Waals surface area contributed by atoms with E-state index in [0.717, 1.165) is 15.8 Å². The molecule has 0 aromatic heterocycles. The van der Waals surface area contributed by atoms with Crippen LogP contribution in [0.15, 0.2) is 0 Å². The molecule has 4 saturated carbocycles. The van der Waals surface area contributed by atoms with Crippen LogP contribution in [0.3, 0.4) is 0 Å². The molecule has 0 saturated heterocycles. The first-order valence-electron chi connectivity index (χ1n) is 7.19. The molecule has 4 aliphatic rings. The van der Waals surface area contributed by atoms with E-state index in [1.54, 1.807) is 12.8 Å². The Hall–Kier alpha value is 0.730. The van der Waals surface area contributed by atoms with Crippen molar-refractivity contribution in [2.45, 2.75) is 69.1 Å². The van der Waals surface area contributed by atoms with Crippen LogP contribution < -0.4 is 0 Å². The van der Waals surface area contributed by atoms with E-state index in [1.165, 1.54) is 38.5 Å². The fraction of sp³-hybridized carbons (Fsp3) is 1.00. The molecule has 1 heteroatoms. The maximum atomic E-state index is 2.80. The van der Waals surface area contributed by atoms with E-state index in [4.69, 9.17) is 0 Å². The lowest BCUT2D eigenvalue weighted by Gasteiger charge is -2.52. The maximum Gasteiger partial charge on any atom is 0.0171 e. The third-order valence-electron chi connectivity index (χ3n) is 6.65. The Balaban J connectivity index is 2.08. The molecule has 0 radical (unpaired) electrons. The van der Waals surface area contributed by atoms with Crippen molar-refractivity contribution in [2.75, 3.05) is 0 Å². The van der Waals surface area contributed by atoms with Crippen LogP contribution in [-0.4, -0.2) is 3.92 Å². The lowest BCUT2D eigenvalue weighted by molar-refractivity contribution is 0.0230. The van der Waals surface area contributed by atoms with E-state index < -0.39 is 0 Å². The Morgan fingerprint density at radius 3 is 2.38 bits per heavy atom. The lowest BCUT2D eigenvalue weighted by atomic mass is 9.56. The molecule has 5 unspecified atom stereocenters. The predicted molar refractivity (Wildman–Crippen MR) is 77.9 cm³/mol. The molecular weight excluding hydrogens is 307 g/mol. The smallest absolute Gasteiger partial charge is 0.0171 e. The van der Waals surface area contributed by atoms with Crippen LogP contribution in [0.4, 0.5) is 0 Å². The summed E-state index contributed by atoms with van der Waals surface area (Å²) in [7, 11) is 0. The van der Waals surface area contributed by atoms with Crippen LogP contribution in [-0.2, 0) is 0 Å². The summed E-state index contributed by atoms with van der Waals surface area (Å²) >= 11 is 2.80. The summed E-state index contributed by atoms with van der Waals surface area (Å²) < 4.78 is 0.936. The summed E-state index contributed by atoms with van der Waals surface area (Å²) in [6.45, 7) is 5.24. The van der Waals surface area contributed by atoms with Gasteiger partial charge in [-0.05, 0) is 61.2 Å². The van der Waals surface area contributed by atoms with E-state index >= 15 is 0 Å². The first kappa shape index (κ1) is 11.8. The second kappa shape index (κ2) is 3.86. The number of hydrogen-bond acceptors (Lipinski definition) is 0. The summed E-state index contributed by atoms with van der Waals surface area (Å²) in [6.07, 6.45) is 12.2. The standard InChI is InChI=1S/C15H25I/c1-14-8-5-11-4-3-7-15(14,2)13(16)10-12(11)6-9-14/h11-13H,3-10H2,1-2H3. The van der Waals surface area contributed by atoms with E-state index in [9.17, 15) is 0 Å². The zero-order valence-electron chi connectivity index (χ0n) is 10.8. The van der Waals surface area contributed by atoms with Crippen LogP contribution in [0.25, 0.3) is 0 Å². The van der Waals surface area contributed by atoms with Gasteiger partial charge in [-0.3, -0.25) is 0 Å². The number of alkyl halides is 1. The van der Waals surface area contributed by atoms with Crippen molar-refractivity contribution >= 4 is 22.6 Å². The highest BCUT2D eigenvalue weighted by Crippen LogP contribution is 2.63. The molecule has 0 nitrogen and oxygen atoms in total. The van der Waals surface area contributed by atoms with Gasteiger partial charge in [0.2, 0.25) is 0 Å². The van der Waals surface area contributed by atoms with Crippen LogP contribution in [0, 0.1) is 22.7 Å². The zero-order valence-corrected chi connectivity index (χ0v) is 12.9. The second-order valence-corrected chi connectivity index (χ2v) is 8.67. The van der Waals surface area contributed by atoms with E-state index in [1.807, 2.05) is 0 Å². The summed E-state index contributed by atoms with van der Waals surface area (Å²) in [6, 6.07) is 0. The van der Waals surface area contributed by atoms with Gasteiger partial charge in [-0.1, -0.05) is 49.3 Å². The van der Waals surface area contributed by atoms with Crippen LogP contribution in [0.1, 0.15) is 65.2 Å². The molecule has 4 rings (SSSR count). The highest BCUT2D eigenvalue weighted by molar-refractivity contribution is 14.1. The summed E-state index contributed by atoms with van der Waals surface area (Å²) in [4.78, 5) is 0. The van der Waals surface area contributed by atoms with E-state index in [0.29, 0.717) is 10.8 Å². The van der Waals surface area contributed by atoms with Gasteiger partial charge in [-0.2, -0.15) is 0 Å². The average Bonchev–Trinajstić information content (AvgIpc) is 2.41. The fourth-order valence-corrected chi connectivity index (χ4v) is 6.68. The van der Waals surface area contributed by atoms with Crippen molar-refractivity contribution in [3.63, 3.8) is 0 Å². The molecule has 0 spiro atoms. The minimum Gasteiger partial charge on any atom is -0.0820 e. The van der Waals surface area contributed by atoms with Crippen molar-refractivity contribution in [1.29, 1.82) is 0 Å². The van der Waals surface area contributed by atoms with Crippen molar-refractivity contribution < 1.29 is 0 Å². The SMILES string of the molecule is CC12CCC3CCCC1(C)C(I)CC3CC2. The molecule has 0 N–H and O–H groups in total. The summed E-state index contributed by atoms with van der Waals surface area (Å²) in [5, 5.41) is 0. The number of halogens is 1. The minimum atomic E-state index is 0.633. The number of fused-ring (bicyclic) bond motifs is 5. The van der Waals surface area contributed by atoms with Gasteiger partial charge in [-0.25, -0.2) is 0 Å². The topological polar surface area (TPSA) is 0 Å². The van der Waals surface area contributed by atoms with Crippen LogP contribution in [0.2, 0.25) is 0 Å². The van der Waals surface area contributed by atoms with Gasteiger partial charge in [-0.15, -0.1) is 0 Å². The molecule has 92 valence electrons. The highest BCUT2D eigenvalue weighted by atomic mass is 127. The Kier molecular flexibility index (Phi) is 2.85. The van der Waals surface area contributed by atoms with Crippen molar-refractivity contribution in [1.82, 2.24) is 0 Å². The lowest BCUT2D eigenvalue weighted by Crippen LogP contribution is -2.45. The third kappa shape index (κ3) is 1.52. The van der Waals surface area contributed by atoms with Gasteiger partial charge in [0.15, 0.2) is 0 Å². The Labute approximate surface area is 114 Å². The van der Waals surface area contributed by atoms with Gasteiger partial charge in [0.1, 0.15) is 0 Å². The first-order valence-corrected chi connectivity index (χ1v) is 8.44. The summed E-state index contributed by atoms with van der Waals surface area (Å²) in [5.41, 5.74) is 1.29. The monoisotopic (exact) mass is 332 g/mol. The molecule has 4 aliphatic carbocycles. The molecule has 16 heavy (non-hydrogen) atoms. The molecule has 0 aromatic rings. The highest BCUT2D eigenvalue weighted by Gasteiger charge is 2.54. The van der Waals surface area contributed by atoms with Gasteiger partial charge in [0.05, 0.1) is 0 Å². The molecular formula is C15H25I. The molecule has 4 bridgehead atoms. The molecule has 5 atom stereocenters. The Bertz CT molecular complexity index is 283. The molecule has 0 aromatic carbocycles. The second-order valence-electron chi connectivity index (χ2n) is 7.17. The number of rotatable bonds is 0. The first-order chi connectivity index (χ1) is 7.55. The zero-order chi connectivity index (χ0) is 11.4. The van der Waals surface area contributed by atoms with Crippen LogP contribution in [0.5, 0.6) is 0 Å². The quantitative estimate of drug-likeness (QED) is 0.423. The van der Waals surface area contributed by atoms with E-state index in [2.05, 4.69) is 36.4 Å². The molecule has 4 fully saturated rings. The van der Waals surface area contributed by atoms with E-state index in [-0.39, 0.29) is 0 Å². The predicted octanol–water partition coefficient (Wildman–Crippen LogP) is 5.20. The van der Waals surface area contributed by atoms with Crippen molar-refractivity contribution in [3.8, 4) is 0 Å². The van der Waals surface area contributed by atoms with Crippen LogP contribution >= 0.6 is 22.6 Å². The van der Waals surface area contributed by atoms with Crippen molar-refractivity contribution in [2.24, 2.45) is 22.7 Å². The molecule has 0 aliphatic heterocycles. The van der Waals surface area contributed by atoms with Gasteiger partial charge in [0, 0.05) is 3.92 Å². The fourth-order valence-electron chi connectivity index (χ4n) is 4.96. The molecule has 0 amide bonds. The summed E-state index contributed by atoms with van der Waals surface area (Å²) in [5.74, 6) is 2.16. The Morgan fingerprint density at radius 2 is 1.62 bits per heavy atom. The average molecular weight is 332 g/mol. The van der Waals surface area contributed by atoms with Crippen molar-refractivity contribution in [3.05, 3.63) is 0 Å². The van der Waals surface area contributed by atoms with Gasteiger partial charge < -0.3 is 0 Å². The van der Waals surface area contributed by atoms with Gasteiger partial charge in [0.25, 0.3) is 0 Å². The molecule has 0 heterocycles. The Morgan fingerprint density at radius 1 is 0.938 bits per heavy atom. The normalized spacial score (nSPS) is 56.8. The maximum absolute atomic E-state index is 2.80. The largest absolute Gasteiger partial charge is 0.0820 e. The third-order valence-corrected chi connectivity index (χ3v) is 8.53. The van der Waals surface area contributed by atoms with Gasteiger partial charge >= 0.3 is 0 Å². The minimum absolute atomic E-state index is 0.633. The number of hydrogen-bond donors (Lipinski definition) is 0.